The van der Waals surface area contributed by atoms with Gasteiger partial charge in [0.15, 0.2) is 0 Å². The summed E-state index contributed by atoms with van der Waals surface area (Å²) in [5.74, 6) is -2.01. The molecule has 15 heavy (non-hydrogen) atoms. The molecule has 0 spiro atoms. The molecule has 0 bridgehead atoms. The minimum atomic E-state index is -1.07. The van der Waals surface area contributed by atoms with Gasteiger partial charge < -0.3 is 10.2 Å². The number of rotatable bonds is 3. The van der Waals surface area contributed by atoms with Gasteiger partial charge in [-0.1, -0.05) is 18.2 Å². The first-order valence-electron chi connectivity index (χ1n) is 4.64. The fourth-order valence-electron chi connectivity index (χ4n) is 1.81. The molecule has 1 aliphatic rings. The van der Waals surface area contributed by atoms with Crippen molar-refractivity contribution in [3.8, 4) is 0 Å². The van der Waals surface area contributed by atoms with Gasteiger partial charge in [0.2, 0.25) is 0 Å². The van der Waals surface area contributed by atoms with Gasteiger partial charge in [-0.3, -0.25) is 4.79 Å². The molecule has 2 rings (SSSR count). The minimum absolute atomic E-state index is 0.0948. The summed E-state index contributed by atoms with van der Waals surface area (Å²) in [7, 11) is 0. The highest BCUT2D eigenvalue weighted by molar-refractivity contribution is 5.94. The quantitative estimate of drug-likeness (QED) is 0.785. The van der Waals surface area contributed by atoms with E-state index >= 15 is 0 Å². The van der Waals surface area contributed by atoms with Gasteiger partial charge in [0.25, 0.3) is 0 Å². The van der Waals surface area contributed by atoms with Crippen molar-refractivity contribution in [1.82, 2.24) is 0 Å². The lowest BCUT2D eigenvalue weighted by atomic mass is 9.91. The molecule has 1 aromatic rings. The highest BCUT2D eigenvalue weighted by atomic mass is 16.4. The Balaban J connectivity index is 2.53. The second kappa shape index (κ2) is 3.08. The average Bonchev–Trinajstić information content (AvgIpc) is 2.98. The highest BCUT2D eigenvalue weighted by Crippen LogP contribution is 2.49. The first-order chi connectivity index (χ1) is 7.08. The first kappa shape index (κ1) is 9.71. The Labute approximate surface area is 86.2 Å². The highest BCUT2D eigenvalue weighted by Gasteiger charge is 2.53. The molecular weight excluding hydrogens is 196 g/mol. The number of carboxylic acid groups (broad SMARTS) is 2. The van der Waals surface area contributed by atoms with Crippen molar-refractivity contribution in [2.75, 3.05) is 0 Å². The molecule has 1 aromatic carbocycles. The summed E-state index contributed by atoms with van der Waals surface area (Å²) in [5.41, 5.74) is -0.433. The van der Waals surface area contributed by atoms with E-state index in [4.69, 9.17) is 10.2 Å². The van der Waals surface area contributed by atoms with Crippen LogP contribution in [-0.2, 0) is 10.2 Å². The van der Waals surface area contributed by atoms with E-state index in [-0.39, 0.29) is 5.56 Å². The predicted octanol–water partition coefficient (Wildman–Crippen LogP) is 1.50. The largest absolute Gasteiger partial charge is 0.481 e. The smallest absolute Gasteiger partial charge is 0.335 e. The van der Waals surface area contributed by atoms with Crippen molar-refractivity contribution in [1.29, 1.82) is 0 Å². The van der Waals surface area contributed by atoms with Crippen molar-refractivity contribution in [2.45, 2.75) is 18.3 Å². The van der Waals surface area contributed by atoms with E-state index in [1.54, 1.807) is 18.2 Å². The second-order valence-corrected chi connectivity index (χ2v) is 3.74. The third-order valence-corrected chi connectivity index (χ3v) is 2.83. The van der Waals surface area contributed by atoms with E-state index < -0.39 is 17.4 Å². The van der Waals surface area contributed by atoms with Gasteiger partial charge in [0, 0.05) is 0 Å². The maximum atomic E-state index is 11.1. The van der Waals surface area contributed by atoms with E-state index in [1.165, 1.54) is 6.07 Å². The molecule has 0 aromatic heterocycles. The lowest BCUT2D eigenvalue weighted by Gasteiger charge is -2.12. The summed E-state index contributed by atoms with van der Waals surface area (Å²) in [6.07, 6.45) is 1.04. The van der Waals surface area contributed by atoms with Gasteiger partial charge in [-0.25, -0.2) is 4.79 Å². The molecule has 0 amide bonds. The first-order valence-corrected chi connectivity index (χ1v) is 4.64. The summed E-state index contributed by atoms with van der Waals surface area (Å²) in [5, 5.41) is 18.0. The average molecular weight is 206 g/mol. The number of carbonyl (C=O) groups is 2. The fraction of sp³-hybridized carbons (Fsp3) is 0.273. The maximum Gasteiger partial charge on any atom is 0.335 e. The van der Waals surface area contributed by atoms with Crippen LogP contribution in [0.1, 0.15) is 28.8 Å². The van der Waals surface area contributed by atoms with Gasteiger partial charge in [-0.05, 0) is 24.5 Å². The Morgan fingerprint density at radius 2 is 1.73 bits per heavy atom. The topological polar surface area (TPSA) is 74.6 Å². The van der Waals surface area contributed by atoms with Crippen LogP contribution in [0.3, 0.4) is 0 Å². The summed E-state index contributed by atoms with van der Waals surface area (Å²) in [4.78, 5) is 22.0. The molecule has 0 atom stereocenters. The van der Waals surface area contributed by atoms with Crippen molar-refractivity contribution in [3.63, 3.8) is 0 Å². The second-order valence-electron chi connectivity index (χ2n) is 3.74. The normalized spacial score (nSPS) is 17.1. The zero-order valence-electron chi connectivity index (χ0n) is 7.93. The van der Waals surface area contributed by atoms with E-state index in [1.807, 2.05) is 0 Å². The van der Waals surface area contributed by atoms with E-state index in [0.29, 0.717) is 18.4 Å². The van der Waals surface area contributed by atoms with Crippen LogP contribution in [0, 0.1) is 0 Å². The Morgan fingerprint density at radius 3 is 2.20 bits per heavy atom. The molecule has 2 N–H and O–H groups in total. The molecule has 78 valence electrons. The molecule has 4 nitrogen and oxygen atoms in total. The molecule has 1 fully saturated rings. The molecule has 0 heterocycles. The van der Waals surface area contributed by atoms with Gasteiger partial charge in [-0.2, -0.15) is 0 Å². The maximum absolute atomic E-state index is 11.1. The standard InChI is InChI=1S/C11H10O4/c12-9(13)7-3-1-2-4-8(7)11(5-6-11)10(14)15/h1-4H,5-6H2,(H,12,13)(H,14,15). The minimum Gasteiger partial charge on any atom is -0.481 e. The zero-order chi connectivity index (χ0) is 11.1. The summed E-state index contributed by atoms with van der Waals surface area (Å²) >= 11 is 0. The third kappa shape index (κ3) is 1.38. The van der Waals surface area contributed by atoms with E-state index in [2.05, 4.69) is 0 Å². The van der Waals surface area contributed by atoms with Crippen LogP contribution >= 0.6 is 0 Å². The number of aliphatic carboxylic acids is 1. The summed E-state index contributed by atoms with van der Waals surface area (Å²) in [6, 6.07) is 6.31. The van der Waals surface area contributed by atoms with Crippen LogP contribution in [0.2, 0.25) is 0 Å². The molecule has 0 radical (unpaired) electrons. The number of aromatic carboxylic acids is 1. The Bertz CT molecular complexity index is 432. The SMILES string of the molecule is O=C(O)c1ccccc1C1(C(=O)O)CC1. The molecule has 0 aliphatic heterocycles. The van der Waals surface area contributed by atoms with Crippen LogP contribution < -0.4 is 0 Å². The zero-order valence-corrected chi connectivity index (χ0v) is 7.93. The monoisotopic (exact) mass is 206 g/mol. The Kier molecular flexibility index (Phi) is 2.00. The number of hydrogen-bond acceptors (Lipinski definition) is 2. The number of hydrogen-bond donors (Lipinski definition) is 2. The van der Waals surface area contributed by atoms with Crippen molar-refractivity contribution in [3.05, 3.63) is 35.4 Å². The van der Waals surface area contributed by atoms with Crippen LogP contribution in [0.25, 0.3) is 0 Å². The molecular formula is C11H10O4. The Hall–Kier alpha value is -1.84. The number of benzene rings is 1. The molecule has 4 heteroatoms. The van der Waals surface area contributed by atoms with E-state index in [0.717, 1.165) is 0 Å². The van der Waals surface area contributed by atoms with Crippen LogP contribution in [0.15, 0.2) is 24.3 Å². The van der Waals surface area contributed by atoms with Crippen molar-refractivity contribution in [2.24, 2.45) is 0 Å². The lowest BCUT2D eigenvalue weighted by Crippen LogP contribution is -2.22. The van der Waals surface area contributed by atoms with E-state index in [9.17, 15) is 9.59 Å². The molecule has 0 unspecified atom stereocenters. The van der Waals surface area contributed by atoms with Gasteiger partial charge in [0.05, 0.1) is 11.0 Å². The third-order valence-electron chi connectivity index (χ3n) is 2.83. The van der Waals surface area contributed by atoms with Gasteiger partial charge in [-0.15, -0.1) is 0 Å². The summed E-state index contributed by atoms with van der Waals surface area (Å²) in [6.45, 7) is 0. The van der Waals surface area contributed by atoms with Crippen molar-refractivity contribution < 1.29 is 19.8 Å². The predicted molar refractivity (Wildman–Crippen MR) is 51.9 cm³/mol. The molecule has 0 saturated heterocycles. The van der Waals surface area contributed by atoms with Crippen LogP contribution in [-0.4, -0.2) is 22.2 Å². The number of carboxylic acids is 2. The van der Waals surface area contributed by atoms with Crippen LogP contribution in [0.5, 0.6) is 0 Å². The van der Waals surface area contributed by atoms with Gasteiger partial charge >= 0.3 is 11.9 Å². The van der Waals surface area contributed by atoms with Crippen LogP contribution in [0.4, 0.5) is 0 Å². The fourth-order valence-corrected chi connectivity index (χ4v) is 1.81. The Morgan fingerprint density at radius 1 is 1.13 bits per heavy atom. The lowest BCUT2D eigenvalue weighted by molar-refractivity contribution is -0.140. The molecule has 1 aliphatic carbocycles. The van der Waals surface area contributed by atoms with Gasteiger partial charge in [0.1, 0.15) is 0 Å². The molecule has 1 saturated carbocycles. The van der Waals surface area contributed by atoms with Crippen molar-refractivity contribution >= 4 is 11.9 Å². The summed E-state index contributed by atoms with van der Waals surface area (Å²) < 4.78 is 0.